The molecule has 2 aliphatic rings. The molecule has 8 aromatic rings. The Balaban J connectivity index is 0.000000179. The fraction of sp³-hybridized carbons (Fsp3) is 0.264. The van der Waals surface area contributed by atoms with Crippen molar-refractivity contribution in [3.63, 3.8) is 0 Å². The Hall–Kier alpha value is -7.53. The molecule has 2 saturated heterocycles. The maximum absolute atomic E-state index is 13.0. The molecule has 0 saturated carbocycles. The quantitative estimate of drug-likeness (QED) is 0.120. The zero-order chi connectivity index (χ0) is 49.5. The van der Waals surface area contributed by atoms with Crippen molar-refractivity contribution in [2.45, 2.75) is 39.5 Å². The number of nitrogens with zero attached hydrogens (tertiary/aromatic N) is 9. The van der Waals surface area contributed by atoms with E-state index in [4.69, 9.17) is 27.9 Å². The number of aromatic nitrogens is 6. The van der Waals surface area contributed by atoms with Crippen molar-refractivity contribution in [3.8, 4) is 22.3 Å². The molecule has 18 heteroatoms. The van der Waals surface area contributed by atoms with Crippen LogP contribution in [-0.4, -0.2) is 110 Å². The molecule has 0 unspecified atom stereocenters. The molecule has 71 heavy (non-hydrogen) atoms. The second-order valence-electron chi connectivity index (χ2n) is 18.2. The van der Waals surface area contributed by atoms with Gasteiger partial charge in [-0.2, -0.15) is 10.2 Å². The van der Waals surface area contributed by atoms with Crippen molar-refractivity contribution < 1.29 is 19.1 Å². The summed E-state index contributed by atoms with van der Waals surface area (Å²) in [5.74, 6) is -0.428. The molecule has 3 N–H and O–H groups in total. The van der Waals surface area contributed by atoms with Gasteiger partial charge in [0, 0.05) is 123 Å². The minimum absolute atomic E-state index is 0.186. The molecule has 0 atom stereocenters. The number of hydrogen-bond acceptors (Lipinski definition) is 11. The average Bonchev–Trinajstić information content (AvgIpc) is 4.02. The van der Waals surface area contributed by atoms with E-state index < -0.39 is 5.60 Å². The topological polar surface area (TPSA) is 167 Å². The van der Waals surface area contributed by atoms with Crippen LogP contribution in [0.1, 0.15) is 52.6 Å². The normalized spacial score (nSPS) is 14.0. The van der Waals surface area contributed by atoms with Crippen LogP contribution in [-0.2, 0) is 17.8 Å². The molecule has 3 amide bonds. The molecule has 2 aliphatic heterocycles. The van der Waals surface area contributed by atoms with Crippen molar-refractivity contribution in [1.29, 1.82) is 0 Å². The molecule has 10 rings (SSSR count). The van der Waals surface area contributed by atoms with Crippen LogP contribution in [0.15, 0.2) is 134 Å². The SMILES string of the molecule is CC(C)(C)OC(=O)N1CCN(c2ccccc2CNC(=O)c2cnc3c(-c4cccc(Cl)c4)cnn3c2)CC1.O=C(NCc1ccccc1N1CCNCC1)c1cnc2c(-c3cccc(Cl)c3)cnn2c1. The first kappa shape index (κ1) is 48.5. The summed E-state index contributed by atoms with van der Waals surface area (Å²) in [7, 11) is 0. The van der Waals surface area contributed by atoms with E-state index in [1.807, 2.05) is 106 Å². The highest BCUT2D eigenvalue weighted by atomic mass is 35.5. The number of anilines is 2. The number of ether oxygens (including phenoxy) is 1. The number of fused-ring (bicyclic) bond motifs is 2. The summed E-state index contributed by atoms with van der Waals surface area (Å²) in [5, 5.41) is 19.5. The highest BCUT2D eigenvalue weighted by Gasteiger charge is 2.27. The van der Waals surface area contributed by atoms with Crippen LogP contribution in [0.3, 0.4) is 0 Å². The van der Waals surface area contributed by atoms with E-state index in [9.17, 15) is 14.4 Å². The van der Waals surface area contributed by atoms with Gasteiger partial charge in [-0.15, -0.1) is 0 Å². The maximum atomic E-state index is 13.0. The highest BCUT2D eigenvalue weighted by molar-refractivity contribution is 6.31. The van der Waals surface area contributed by atoms with Gasteiger partial charge in [-0.05, 0) is 79.4 Å². The third-order valence-corrected chi connectivity index (χ3v) is 12.6. The van der Waals surface area contributed by atoms with Crippen molar-refractivity contribution >= 4 is 63.8 Å². The smallest absolute Gasteiger partial charge is 0.410 e. The Kier molecular flexibility index (Phi) is 14.8. The Morgan fingerprint density at radius 2 is 1.07 bits per heavy atom. The first-order valence-corrected chi connectivity index (χ1v) is 24.2. The summed E-state index contributed by atoms with van der Waals surface area (Å²) in [6.45, 7) is 12.8. The van der Waals surface area contributed by atoms with Gasteiger partial charge in [-0.3, -0.25) is 9.59 Å². The number of nitrogens with one attached hydrogen (secondary N) is 3. The lowest BCUT2D eigenvalue weighted by Gasteiger charge is -2.37. The summed E-state index contributed by atoms with van der Waals surface area (Å²) in [6, 6.07) is 31.2. The van der Waals surface area contributed by atoms with Gasteiger partial charge >= 0.3 is 6.09 Å². The van der Waals surface area contributed by atoms with E-state index in [0.29, 0.717) is 71.7 Å². The largest absolute Gasteiger partial charge is 0.444 e. The Morgan fingerprint density at radius 1 is 0.606 bits per heavy atom. The predicted octanol–water partition coefficient (Wildman–Crippen LogP) is 8.43. The zero-order valence-electron chi connectivity index (χ0n) is 39.7. The van der Waals surface area contributed by atoms with Gasteiger partial charge in [-0.1, -0.05) is 83.9 Å². The standard InChI is InChI=1S/C29H31ClN6O3.C24H23ClN6O/c1-29(2,3)39-28(38)35-13-11-34(12-14-35)25-10-5-4-7-21(25)16-32-27(37)22-17-31-26-24(18-33-36(26)19-22)20-8-6-9-23(30)15-20;25-20-6-3-5-17(12-20)21-15-29-31-16-19(14-27-23(21)31)24(32)28-13-18-4-1-2-7-22(18)30-10-8-26-9-11-30/h4-10,15,17-19H,11-14,16H2,1-3H3,(H,32,37);1-7,12,14-16,26H,8-11,13H2,(H,28,32). The maximum Gasteiger partial charge on any atom is 0.410 e. The molecule has 0 bridgehead atoms. The summed E-state index contributed by atoms with van der Waals surface area (Å²) in [4.78, 5) is 53.6. The van der Waals surface area contributed by atoms with Crippen molar-refractivity contribution in [2.24, 2.45) is 0 Å². The summed E-state index contributed by atoms with van der Waals surface area (Å²) in [6.07, 6.45) is 9.69. The van der Waals surface area contributed by atoms with E-state index >= 15 is 0 Å². The summed E-state index contributed by atoms with van der Waals surface area (Å²) < 4.78 is 8.73. The first-order chi connectivity index (χ1) is 34.4. The highest BCUT2D eigenvalue weighted by Crippen LogP contribution is 2.28. The van der Waals surface area contributed by atoms with Crippen molar-refractivity contribution in [1.82, 2.24) is 50.0 Å². The molecule has 364 valence electrons. The lowest BCUT2D eigenvalue weighted by Crippen LogP contribution is -2.50. The molecular weight excluding hydrogens is 940 g/mol. The van der Waals surface area contributed by atoms with Crippen LogP contribution in [0.2, 0.25) is 10.0 Å². The van der Waals surface area contributed by atoms with Crippen LogP contribution < -0.4 is 25.8 Å². The molecule has 0 radical (unpaired) electrons. The van der Waals surface area contributed by atoms with Crippen LogP contribution in [0, 0.1) is 0 Å². The van der Waals surface area contributed by atoms with Gasteiger partial charge in [0.15, 0.2) is 11.3 Å². The van der Waals surface area contributed by atoms with Gasteiger partial charge in [-0.25, -0.2) is 23.8 Å². The Labute approximate surface area is 421 Å². The van der Waals surface area contributed by atoms with E-state index in [1.54, 1.807) is 51.1 Å². The molecule has 2 fully saturated rings. The molecule has 0 spiro atoms. The fourth-order valence-electron chi connectivity index (χ4n) is 8.56. The number of hydrogen-bond donors (Lipinski definition) is 3. The number of amides is 3. The lowest BCUT2D eigenvalue weighted by molar-refractivity contribution is 0.0240. The van der Waals surface area contributed by atoms with Gasteiger partial charge in [0.1, 0.15) is 5.60 Å². The van der Waals surface area contributed by atoms with Crippen LogP contribution in [0.25, 0.3) is 33.5 Å². The van der Waals surface area contributed by atoms with Crippen molar-refractivity contribution in [2.75, 3.05) is 62.2 Å². The number of benzene rings is 4. The van der Waals surface area contributed by atoms with E-state index in [0.717, 1.165) is 65.2 Å². The molecule has 0 aliphatic carbocycles. The number of halogens is 2. The van der Waals surface area contributed by atoms with Crippen LogP contribution >= 0.6 is 23.2 Å². The second-order valence-corrected chi connectivity index (χ2v) is 19.0. The third kappa shape index (κ3) is 11.7. The minimum atomic E-state index is -0.519. The lowest BCUT2D eigenvalue weighted by atomic mass is 10.1. The second kappa shape index (κ2) is 21.6. The Morgan fingerprint density at radius 3 is 1.54 bits per heavy atom. The Bertz CT molecular complexity index is 3190. The molecule has 16 nitrogen and oxygen atoms in total. The number of carbonyl (C=O) groups is 3. The third-order valence-electron chi connectivity index (χ3n) is 12.1. The predicted molar refractivity (Wildman–Crippen MR) is 277 cm³/mol. The number of para-hydroxylation sites is 2. The fourth-order valence-corrected chi connectivity index (χ4v) is 8.94. The van der Waals surface area contributed by atoms with Crippen molar-refractivity contribution in [3.05, 3.63) is 167 Å². The van der Waals surface area contributed by atoms with Gasteiger partial charge in [0.2, 0.25) is 0 Å². The number of carbonyl (C=O) groups excluding carboxylic acids is 3. The molecule has 4 aromatic heterocycles. The van der Waals surface area contributed by atoms with Gasteiger partial charge in [0.25, 0.3) is 11.8 Å². The van der Waals surface area contributed by atoms with Crippen LogP contribution in [0.5, 0.6) is 0 Å². The number of rotatable bonds is 10. The molecular formula is C53H54Cl2N12O4. The van der Waals surface area contributed by atoms with Crippen LogP contribution in [0.4, 0.5) is 16.2 Å². The monoisotopic (exact) mass is 992 g/mol. The number of piperazine rings is 2. The zero-order valence-corrected chi connectivity index (χ0v) is 41.2. The average molecular weight is 994 g/mol. The minimum Gasteiger partial charge on any atom is -0.444 e. The summed E-state index contributed by atoms with van der Waals surface area (Å²) in [5.41, 5.74) is 9.50. The van der Waals surface area contributed by atoms with E-state index in [-0.39, 0.29) is 17.9 Å². The first-order valence-electron chi connectivity index (χ1n) is 23.5. The van der Waals surface area contributed by atoms with Gasteiger partial charge < -0.3 is 35.4 Å². The van der Waals surface area contributed by atoms with E-state index in [1.165, 1.54) is 5.69 Å². The van der Waals surface area contributed by atoms with E-state index in [2.05, 4.69) is 58.0 Å². The molecule has 6 heterocycles. The summed E-state index contributed by atoms with van der Waals surface area (Å²) >= 11 is 12.3. The van der Waals surface area contributed by atoms with Gasteiger partial charge in [0.05, 0.1) is 23.5 Å². The molecule has 4 aromatic carbocycles.